The van der Waals surface area contributed by atoms with Gasteiger partial charge in [0.25, 0.3) is 0 Å². The summed E-state index contributed by atoms with van der Waals surface area (Å²) in [5.41, 5.74) is 5.29. The van der Waals surface area contributed by atoms with Crippen molar-refractivity contribution in [2.75, 3.05) is 12.4 Å². The normalized spacial score (nSPS) is 10.5. The SMILES string of the molecule is CCC(=O)c1cc(Oc2ccc(CC(=O)c3ccc(C)c(C#Cc4ccc5c(NC)ncnc5c4)c3)cc2)ccn1. The molecule has 0 aliphatic rings. The lowest BCUT2D eigenvalue weighted by Crippen LogP contribution is -2.04. The molecule has 7 heteroatoms. The molecule has 7 nitrogen and oxygen atoms in total. The predicted octanol–water partition coefficient (Wildman–Crippen LogP) is 6.59. The van der Waals surface area contributed by atoms with E-state index in [2.05, 4.69) is 32.1 Å². The second kappa shape index (κ2) is 12.2. The Balaban J connectivity index is 1.28. The first-order valence-electron chi connectivity index (χ1n) is 13.3. The number of pyridine rings is 1. The summed E-state index contributed by atoms with van der Waals surface area (Å²) in [5.74, 6) is 8.31. The maximum atomic E-state index is 13.1. The van der Waals surface area contributed by atoms with Gasteiger partial charge in [-0.05, 0) is 60.5 Å². The molecular weight excluding hydrogens is 512 g/mol. The van der Waals surface area contributed by atoms with Crippen LogP contribution in [0.2, 0.25) is 0 Å². The van der Waals surface area contributed by atoms with Crippen molar-refractivity contribution in [2.45, 2.75) is 26.7 Å². The third kappa shape index (κ3) is 6.45. The van der Waals surface area contributed by atoms with Gasteiger partial charge in [-0.2, -0.15) is 0 Å². The van der Waals surface area contributed by atoms with Crippen LogP contribution in [-0.2, 0) is 6.42 Å². The fraction of sp³-hybridized carbons (Fsp3) is 0.147. The maximum Gasteiger partial charge on any atom is 0.181 e. The van der Waals surface area contributed by atoms with Gasteiger partial charge in [0, 0.05) is 54.2 Å². The Hall–Kier alpha value is -5.35. The Bertz CT molecular complexity index is 1820. The summed E-state index contributed by atoms with van der Waals surface area (Å²) in [7, 11) is 1.83. The van der Waals surface area contributed by atoms with Crippen molar-refractivity contribution in [1.82, 2.24) is 15.0 Å². The van der Waals surface area contributed by atoms with E-state index in [9.17, 15) is 9.59 Å². The number of anilines is 1. The van der Waals surface area contributed by atoms with Gasteiger partial charge in [-0.15, -0.1) is 0 Å². The number of rotatable bonds is 8. The zero-order valence-electron chi connectivity index (χ0n) is 23.1. The third-order valence-electron chi connectivity index (χ3n) is 6.64. The van der Waals surface area contributed by atoms with E-state index < -0.39 is 0 Å². The maximum absolute atomic E-state index is 13.1. The van der Waals surface area contributed by atoms with Gasteiger partial charge < -0.3 is 10.1 Å². The van der Waals surface area contributed by atoms with Gasteiger partial charge >= 0.3 is 0 Å². The van der Waals surface area contributed by atoms with Gasteiger partial charge in [0.2, 0.25) is 0 Å². The number of carbonyl (C=O) groups excluding carboxylic acids is 2. The van der Waals surface area contributed by atoms with Crippen LogP contribution < -0.4 is 10.1 Å². The Morgan fingerprint density at radius 3 is 2.46 bits per heavy atom. The molecule has 0 fully saturated rings. The summed E-state index contributed by atoms with van der Waals surface area (Å²) in [6.07, 6.45) is 3.71. The van der Waals surface area contributed by atoms with Crippen LogP contribution in [0.1, 0.15) is 56.4 Å². The molecule has 5 rings (SSSR count). The summed E-state index contributed by atoms with van der Waals surface area (Å²) in [6.45, 7) is 3.78. The van der Waals surface area contributed by atoms with Gasteiger partial charge in [0.15, 0.2) is 11.6 Å². The standard InChI is InChI=1S/C34H28N4O3/c1-4-32(39)31-20-28(15-16-36-31)41-27-12-7-24(8-13-27)18-33(40)26-10-5-22(2)25(19-26)11-6-23-9-14-29-30(17-23)37-21-38-34(29)35-3/h5,7-10,12-17,19-21H,4,18H2,1-3H3,(H,35,37,38). The van der Waals surface area contributed by atoms with Gasteiger partial charge in [0.05, 0.1) is 5.52 Å². The van der Waals surface area contributed by atoms with Crippen molar-refractivity contribution >= 4 is 28.3 Å². The minimum Gasteiger partial charge on any atom is -0.457 e. The Morgan fingerprint density at radius 1 is 0.854 bits per heavy atom. The highest BCUT2D eigenvalue weighted by molar-refractivity contribution is 5.98. The molecule has 0 bridgehead atoms. The number of benzene rings is 3. The number of nitrogens with zero attached hydrogens (tertiary/aromatic N) is 3. The first kappa shape index (κ1) is 27.2. The zero-order valence-corrected chi connectivity index (χ0v) is 23.1. The molecule has 2 heterocycles. The van der Waals surface area contributed by atoms with Crippen molar-refractivity contribution in [3.8, 4) is 23.3 Å². The van der Waals surface area contributed by atoms with Gasteiger partial charge in [-0.1, -0.05) is 43.0 Å². The number of aryl methyl sites for hydroxylation is 1. The molecule has 0 saturated heterocycles. The second-order valence-electron chi connectivity index (χ2n) is 9.48. The molecule has 3 aromatic carbocycles. The van der Waals surface area contributed by atoms with Gasteiger partial charge in [-0.25, -0.2) is 9.97 Å². The minimum absolute atomic E-state index is 0.000530. The van der Waals surface area contributed by atoms with Crippen LogP contribution in [0.4, 0.5) is 5.82 Å². The molecule has 41 heavy (non-hydrogen) atoms. The van der Waals surface area contributed by atoms with Crippen LogP contribution in [0, 0.1) is 18.8 Å². The minimum atomic E-state index is -0.0402. The highest BCUT2D eigenvalue weighted by Gasteiger charge is 2.11. The lowest BCUT2D eigenvalue weighted by molar-refractivity contribution is 0.0978. The van der Waals surface area contributed by atoms with E-state index >= 15 is 0 Å². The second-order valence-corrected chi connectivity index (χ2v) is 9.48. The Labute approximate surface area is 238 Å². The number of hydrogen-bond donors (Lipinski definition) is 1. The quantitative estimate of drug-likeness (QED) is 0.175. The van der Waals surface area contributed by atoms with E-state index in [1.807, 2.05) is 74.6 Å². The third-order valence-corrected chi connectivity index (χ3v) is 6.64. The summed E-state index contributed by atoms with van der Waals surface area (Å²) < 4.78 is 5.88. The number of ether oxygens (including phenoxy) is 1. The van der Waals surface area contributed by atoms with Crippen molar-refractivity contribution < 1.29 is 14.3 Å². The number of Topliss-reactive ketones (excluding diaryl/α,β-unsaturated/α-hetero) is 2. The summed E-state index contributed by atoms with van der Waals surface area (Å²) in [4.78, 5) is 37.7. The molecule has 1 N–H and O–H groups in total. The van der Waals surface area contributed by atoms with Crippen molar-refractivity contribution in [2.24, 2.45) is 0 Å². The number of aromatic nitrogens is 3. The summed E-state index contributed by atoms with van der Waals surface area (Å²) in [5, 5.41) is 4.00. The van der Waals surface area contributed by atoms with Crippen LogP contribution in [-0.4, -0.2) is 33.6 Å². The first-order valence-corrected chi connectivity index (χ1v) is 13.3. The van der Waals surface area contributed by atoms with Crippen molar-refractivity contribution in [3.05, 3.63) is 119 Å². The summed E-state index contributed by atoms with van der Waals surface area (Å²) >= 11 is 0. The molecule has 202 valence electrons. The van der Waals surface area contributed by atoms with E-state index in [1.54, 1.807) is 25.3 Å². The van der Waals surface area contributed by atoms with E-state index in [-0.39, 0.29) is 18.0 Å². The molecule has 5 aromatic rings. The van der Waals surface area contributed by atoms with Crippen molar-refractivity contribution in [3.63, 3.8) is 0 Å². The molecule has 0 aliphatic heterocycles. The molecule has 0 unspecified atom stereocenters. The molecular formula is C34H28N4O3. The number of fused-ring (bicyclic) bond motifs is 1. The molecule has 0 atom stereocenters. The predicted molar refractivity (Wildman–Crippen MR) is 160 cm³/mol. The van der Waals surface area contributed by atoms with Crippen LogP contribution in [0.25, 0.3) is 10.9 Å². The Kier molecular flexibility index (Phi) is 8.12. The average molecular weight is 541 g/mol. The number of hydrogen-bond acceptors (Lipinski definition) is 7. The van der Waals surface area contributed by atoms with Crippen LogP contribution >= 0.6 is 0 Å². The molecule has 0 radical (unpaired) electrons. The fourth-order valence-electron chi connectivity index (χ4n) is 4.31. The van der Waals surface area contributed by atoms with E-state index in [0.29, 0.717) is 29.2 Å². The molecule has 0 aliphatic carbocycles. The zero-order chi connectivity index (χ0) is 28.8. The lowest BCUT2D eigenvalue weighted by atomic mass is 9.98. The molecule has 0 spiro atoms. The van der Waals surface area contributed by atoms with E-state index in [1.165, 1.54) is 6.33 Å². The molecule has 0 saturated carbocycles. The average Bonchev–Trinajstić information content (AvgIpc) is 3.00. The van der Waals surface area contributed by atoms with Gasteiger partial charge in [0.1, 0.15) is 29.3 Å². The first-order chi connectivity index (χ1) is 19.9. The smallest absolute Gasteiger partial charge is 0.181 e. The monoisotopic (exact) mass is 540 g/mol. The van der Waals surface area contributed by atoms with Crippen LogP contribution in [0.15, 0.2) is 85.3 Å². The van der Waals surface area contributed by atoms with Crippen molar-refractivity contribution in [1.29, 1.82) is 0 Å². The number of ketones is 2. The lowest BCUT2D eigenvalue weighted by Gasteiger charge is -2.08. The summed E-state index contributed by atoms with van der Waals surface area (Å²) in [6, 6.07) is 22.1. The molecule has 2 aromatic heterocycles. The van der Waals surface area contributed by atoms with Crippen LogP contribution in [0.3, 0.4) is 0 Å². The highest BCUT2D eigenvalue weighted by atomic mass is 16.5. The van der Waals surface area contributed by atoms with E-state index in [4.69, 9.17) is 4.74 Å². The highest BCUT2D eigenvalue weighted by Crippen LogP contribution is 2.23. The number of nitrogens with one attached hydrogen (secondary N) is 1. The van der Waals surface area contributed by atoms with E-state index in [0.717, 1.165) is 39.0 Å². The Morgan fingerprint density at radius 2 is 1.68 bits per heavy atom. The fourth-order valence-corrected chi connectivity index (χ4v) is 4.31. The molecule has 0 amide bonds. The largest absolute Gasteiger partial charge is 0.457 e. The number of carbonyl (C=O) groups is 2. The topological polar surface area (TPSA) is 94.1 Å². The van der Waals surface area contributed by atoms with Crippen LogP contribution in [0.5, 0.6) is 11.5 Å². The van der Waals surface area contributed by atoms with Gasteiger partial charge in [-0.3, -0.25) is 14.6 Å².